The molecule has 3 aromatic rings. The lowest BCUT2D eigenvalue weighted by Gasteiger charge is -2.29. The monoisotopic (exact) mass is 493 g/mol. The van der Waals surface area contributed by atoms with Gasteiger partial charge in [0.2, 0.25) is 0 Å². The third-order valence-corrected chi connectivity index (χ3v) is 6.73. The highest BCUT2D eigenvalue weighted by atomic mass is 32.2. The summed E-state index contributed by atoms with van der Waals surface area (Å²) in [6.07, 6.45) is 4.01. The lowest BCUT2D eigenvalue weighted by atomic mass is 9.95. The molecule has 0 amide bonds. The van der Waals surface area contributed by atoms with Gasteiger partial charge in [-0.3, -0.25) is 0 Å². The van der Waals surface area contributed by atoms with E-state index in [0.29, 0.717) is 30.9 Å². The number of anilines is 1. The predicted octanol–water partition coefficient (Wildman–Crippen LogP) is 4.98. The zero-order valence-corrected chi connectivity index (χ0v) is 21.2. The van der Waals surface area contributed by atoms with Gasteiger partial charge in [0, 0.05) is 35.9 Å². The van der Waals surface area contributed by atoms with Gasteiger partial charge in [0.05, 0.1) is 20.8 Å². The van der Waals surface area contributed by atoms with Gasteiger partial charge >= 0.3 is 5.97 Å². The first-order valence-corrected chi connectivity index (χ1v) is 12.5. The Morgan fingerprint density at radius 2 is 1.69 bits per heavy atom. The Morgan fingerprint density at radius 3 is 2.31 bits per heavy atom. The molecule has 1 aliphatic carbocycles. The number of fused-ring (bicyclic) bond motifs is 1. The largest absolute Gasteiger partial charge is 0.493 e. The number of benzene rings is 3. The number of carbonyl (C=O) groups is 2. The third-order valence-electron chi connectivity index (χ3n) is 6.01. The molecule has 0 aliphatic heterocycles. The van der Waals surface area contributed by atoms with Crippen LogP contribution in [-0.4, -0.2) is 45.4 Å². The standard InChI is InChI=1S/C27H29NO4S.CH2O/c1-30-24-12-11-22(16-25(24)32-14-13-19-7-6-10-23(15-19)33-3)28-27(26(29)31-2)17-20-8-4-5-9-21(20)18-27;1-2/h4-12,15-16,28H,13-14,17-18H2,1-3H3;1H2. The lowest BCUT2D eigenvalue weighted by molar-refractivity contribution is -0.145. The Labute approximate surface area is 211 Å². The molecule has 35 heavy (non-hydrogen) atoms. The number of nitrogens with one attached hydrogen (secondary N) is 1. The zero-order chi connectivity index (χ0) is 25.3. The first-order chi connectivity index (χ1) is 17.1. The summed E-state index contributed by atoms with van der Waals surface area (Å²) in [6.45, 7) is 2.52. The van der Waals surface area contributed by atoms with Gasteiger partial charge in [0.25, 0.3) is 0 Å². The molecule has 0 radical (unpaired) electrons. The van der Waals surface area contributed by atoms with E-state index in [1.54, 1.807) is 18.9 Å². The Balaban J connectivity index is 0.00000167. The molecule has 1 aliphatic rings. The van der Waals surface area contributed by atoms with Crippen molar-refractivity contribution in [1.82, 2.24) is 0 Å². The fourth-order valence-electron chi connectivity index (χ4n) is 4.34. The number of carbonyl (C=O) groups excluding carboxylic acids is 2. The lowest BCUT2D eigenvalue weighted by Crippen LogP contribution is -2.48. The summed E-state index contributed by atoms with van der Waals surface area (Å²) in [4.78, 5) is 22.1. The second kappa shape index (κ2) is 12.3. The average molecular weight is 494 g/mol. The van der Waals surface area contributed by atoms with Crippen molar-refractivity contribution in [2.75, 3.05) is 32.4 Å². The van der Waals surface area contributed by atoms with Crippen LogP contribution in [0.3, 0.4) is 0 Å². The van der Waals surface area contributed by atoms with Crippen molar-refractivity contribution < 1.29 is 23.8 Å². The van der Waals surface area contributed by atoms with E-state index < -0.39 is 5.54 Å². The molecule has 0 fully saturated rings. The minimum Gasteiger partial charge on any atom is -0.493 e. The maximum absolute atomic E-state index is 12.9. The second-order valence-corrected chi connectivity index (χ2v) is 9.02. The van der Waals surface area contributed by atoms with Crippen LogP contribution in [0.4, 0.5) is 5.69 Å². The molecule has 0 unspecified atom stereocenters. The van der Waals surface area contributed by atoms with Crippen LogP contribution < -0.4 is 14.8 Å². The van der Waals surface area contributed by atoms with Crippen LogP contribution >= 0.6 is 11.8 Å². The van der Waals surface area contributed by atoms with Gasteiger partial charge in [0.15, 0.2) is 11.5 Å². The number of hydrogen-bond donors (Lipinski definition) is 1. The van der Waals surface area contributed by atoms with E-state index in [1.807, 2.05) is 37.1 Å². The fourth-order valence-corrected chi connectivity index (χ4v) is 4.83. The molecular formula is C28H31NO5S. The van der Waals surface area contributed by atoms with Crippen molar-refractivity contribution in [2.24, 2.45) is 0 Å². The van der Waals surface area contributed by atoms with Gasteiger partial charge in [-0.2, -0.15) is 0 Å². The van der Waals surface area contributed by atoms with Crippen molar-refractivity contribution in [1.29, 1.82) is 0 Å². The van der Waals surface area contributed by atoms with Gasteiger partial charge in [-0.25, -0.2) is 4.79 Å². The van der Waals surface area contributed by atoms with Crippen molar-refractivity contribution >= 4 is 30.2 Å². The number of ether oxygens (including phenoxy) is 3. The molecule has 0 atom stereocenters. The Morgan fingerprint density at radius 1 is 0.971 bits per heavy atom. The molecule has 3 aromatic carbocycles. The minimum atomic E-state index is -0.845. The van der Waals surface area contributed by atoms with Crippen molar-refractivity contribution in [3.63, 3.8) is 0 Å². The van der Waals surface area contributed by atoms with E-state index in [-0.39, 0.29) is 5.97 Å². The molecule has 0 saturated carbocycles. The van der Waals surface area contributed by atoms with E-state index >= 15 is 0 Å². The number of methoxy groups -OCH3 is 2. The summed E-state index contributed by atoms with van der Waals surface area (Å²) >= 11 is 1.73. The van der Waals surface area contributed by atoms with Crippen LogP contribution in [0, 0.1) is 0 Å². The Kier molecular flexibility index (Phi) is 9.20. The quantitative estimate of drug-likeness (QED) is 0.333. The predicted molar refractivity (Wildman–Crippen MR) is 140 cm³/mol. The van der Waals surface area contributed by atoms with Crippen LogP contribution in [0.2, 0.25) is 0 Å². The van der Waals surface area contributed by atoms with E-state index in [1.165, 1.54) is 17.6 Å². The maximum Gasteiger partial charge on any atom is 0.332 e. The Hall–Kier alpha value is -3.45. The van der Waals surface area contributed by atoms with Crippen molar-refractivity contribution in [3.05, 3.63) is 83.4 Å². The molecular weight excluding hydrogens is 462 g/mol. The maximum atomic E-state index is 12.9. The molecule has 1 N–H and O–H groups in total. The van der Waals surface area contributed by atoms with E-state index in [4.69, 9.17) is 19.0 Å². The topological polar surface area (TPSA) is 73.9 Å². The van der Waals surface area contributed by atoms with E-state index in [2.05, 4.69) is 48.0 Å². The van der Waals surface area contributed by atoms with Crippen LogP contribution in [0.25, 0.3) is 0 Å². The van der Waals surface area contributed by atoms with Gasteiger partial charge < -0.3 is 24.3 Å². The van der Waals surface area contributed by atoms with Crippen molar-refractivity contribution in [2.45, 2.75) is 29.7 Å². The average Bonchev–Trinajstić information content (AvgIpc) is 3.29. The summed E-state index contributed by atoms with van der Waals surface area (Å²) in [5.74, 6) is 1.02. The molecule has 184 valence electrons. The first kappa shape index (κ1) is 26.2. The number of thioether (sulfide) groups is 1. The second-order valence-electron chi connectivity index (χ2n) is 8.14. The molecule has 0 spiro atoms. The highest BCUT2D eigenvalue weighted by Gasteiger charge is 2.45. The van der Waals surface area contributed by atoms with Crippen molar-refractivity contribution in [3.8, 4) is 11.5 Å². The fraction of sp³-hybridized carbons (Fsp3) is 0.286. The SMILES string of the molecule is C=O.COC(=O)C1(Nc2ccc(OC)c(OCCc3cccc(SC)c3)c2)Cc2ccccc2C1. The molecule has 7 heteroatoms. The number of esters is 1. The van der Waals surface area contributed by atoms with Crippen LogP contribution in [0.15, 0.2) is 71.6 Å². The number of hydrogen-bond acceptors (Lipinski definition) is 7. The summed E-state index contributed by atoms with van der Waals surface area (Å²) in [5.41, 5.74) is 3.49. The molecule has 6 nitrogen and oxygen atoms in total. The summed E-state index contributed by atoms with van der Waals surface area (Å²) in [7, 11) is 3.06. The Bertz CT molecular complexity index is 1120. The summed E-state index contributed by atoms with van der Waals surface area (Å²) < 4.78 is 16.8. The number of rotatable bonds is 9. The van der Waals surface area contributed by atoms with Gasteiger partial charge in [-0.05, 0) is 47.2 Å². The first-order valence-electron chi connectivity index (χ1n) is 11.2. The van der Waals surface area contributed by atoms with E-state index in [9.17, 15) is 4.79 Å². The molecule has 0 aromatic heterocycles. The molecule has 4 rings (SSSR count). The van der Waals surface area contributed by atoms with Crippen LogP contribution in [0.5, 0.6) is 11.5 Å². The zero-order valence-electron chi connectivity index (χ0n) is 20.3. The smallest absolute Gasteiger partial charge is 0.332 e. The summed E-state index contributed by atoms with van der Waals surface area (Å²) in [5, 5.41) is 3.45. The van der Waals surface area contributed by atoms with E-state index in [0.717, 1.165) is 23.2 Å². The molecule has 0 saturated heterocycles. The molecule has 0 heterocycles. The van der Waals surface area contributed by atoms with Gasteiger partial charge in [-0.1, -0.05) is 36.4 Å². The highest BCUT2D eigenvalue weighted by molar-refractivity contribution is 7.98. The summed E-state index contributed by atoms with van der Waals surface area (Å²) in [6, 6.07) is 22.2. The third kappa shape index (κ3) is 6.17. The minimum absolute atomic E-state index is 0.273. The highest BCUT2D eigenvalue weighted by Crippen LogP contribution is 2.37. The van der Waals surface area contributed by atoms with Gasteiger partial charge in [-0.15, -0.1) is 11.8 Å². The van der Waals surface area contributed by atoms with Gasteiger partial charge in [0.1, 0.15) is 12.3 Å². The normalized spacial score (nSPS) is 13.1. The van der Waals surface area contributed by atoms with Crippen LogP contribution in [0.1, 0.15) is 16.7 Å². The molecule has 0 bridgehead atoms. The van der Waals surface area contributed by atoms with Crippen LogP contribution in [-0.2, 0) is 33.6 Å².